The Morgan fingerprint density at radius 2 is 2.42 bits per heavy atom. The van der Waals surface area contributed by atoms with Crippen LogP contribution >= 0.6 is 11.3 Å². The van der Waals surface area contributed by atoms with Crippen LogP contribution in [-0.2, 0) is 24.4 Å². The number of fused-ring (bicyclic) bond motifs is 1. The van der Waals surface area contributed by atoms with E-state index in [0.29, 0.717) is 5.92 Å². The number of imidazole rings is 1. The van der Waals surface area contributed by atoms with Crippen molar-refractivity contribution in [2.24, 2.45) is 5.92 Å². The maximum atomic E-state index is 5.35. The van der Waals surface area contributed by atoms with E-state index in [1.165, 1.54) is 4.88 Å². The van der Waals surface area contributed by atoms with Crippen molar-refractivity contribution in [3.05, 3.63) is 40.6 Å². The van der Waals surface area contributed by atoms with Crippen LogP contribution in [0.15, 0.2) is 29.9 Å². The molecular weight excluding hydrogens is 258 g/mol. The van der Waals surface area contributed by atoms with Gasteiger partial charge in [-0.15, -0.1) is 11.3 Å². The summed E-state index contributed by atoms with van der Waals surface area (Å²) < 4.78 is 7.62. The highest BCUT2D eigenvalue weighted by molar-refractivity contribution is 7.09. The highest BCUT2D eigenvalue weighted by Gasteiger charge is 2.22. The van der Waals surface area contributed by atoms with Crippen LogP contribution in [-0.4, -0.2) is 34.7 Å². The second kappa shape index (κ2) is 5.86. The van der Waals surface area contributed by atoms with Gasteiger partial charge in [-0.3, -0.25) is 4.90 Å². The highest BCUT2D eigenvalue weighted by Crippen LogP contribution is 2.19. The van der Waals surface area contributed by atoms with Gasteiger partial charge in [0.25, 0.3) is 0 Å². The van der Waals surface area contributed by atoms with Gasteiger partial charge in [0.1, 0.15) is 5.82 Å². The fourth-order valence-corrected chi connectivity index (χ4v) is 3.45. The molecular formula is C14H19N3OS. The van der Waals surface area contributed by atoms with E-state index in [4.69, 9.17) is 4.74 Å². The van der Waals surface area contributed by atoms with E-state index in [2.05, 4.69) is 38.2 Å². The number of thiophene rings is 1. The monoisotopic (exact) mass is 277 g/mol. The lowest BCUT2D eigenvalue weighted by Gasteiger charge is -2.22. The van der Waals surface area contributed by atoms with Crippen LogP contribution < -0.4 is 0 Å². The van der Waals surface area contributed by atoms with Gasteiger partial charge in [-0.25, -0.2) is 4.98 Å². The van der Waals surface area contributed by atoms with Crippen molar-refractivity contribution in [2.75, 3.05) is 20.3 Å². The first-order valence-corrected chi connectivity index (χ1v) is 7.47. The minimum absolute atomic E-state index is 0.528. The normalized spacial score (nSPS) is 20.2. The van der Waals surface area contributed by atoms with Gasteiger partial charge in [0.2, 0.25) is 0 Å². The van der Waals surface area contributed by atoms with Crippen molar-refractivity contribution in [1.29, 1.82) is 0 Å². The first-order chi connectivity index (χ1) is 9.35. The lowest BCUT2D eigenvalue weighted by atomic mass is 10.1. The van der Waals surface area contributed by atoms with Crippen LogP contribution in [0.25, 0.3) is 0 Å². The molecule has 0 saturated heterocycles. The molecule has 5 heteroatoms. The van der Waals surface area contributed by atoms with Crippen LogP contribution in [0.2, 0.25) is 0 Å². The molecule has 0 radical (unpaired) electrons. The summed E-state index contributed by atoms with van der Waals surface area (Å²) in [5.74, 6) is 1.69. The second-order valence-electron chi connectivity index (χ2n) is 5.07. The van der Waals surface area contributed by atoms with Crippen LogP contribution in [0, 0.1) is 5.92 Å². The minimum atomic E-state index is 0.528. The second-order valence-corrected chi connectivity index (χ2v) is 6.10. The maximum Gasteiger partial charge on any atom is 0.122 e. The summed E-state index contributed by atoms with van der Waals surface area (Å²) in [5.41, 5.74) is 0. The van der Waals surface area contributed by atoms with Crippen LogP contribution in [0.1, 0.15) is 10.7 Å². The summed E-state index contributed by atoms with van der Waals surface area (Å²) in [5, 5.41) is 2.14. The fourth-order valence-electron chi connectivity index (χ4n) is 2.71. The third-order valence-electron chi connectivity index (χ3n) is 3.50. The Hall–Kier alpha value is -1.17. The zero-order valence-corrected chi connectivity index (χ0v) is 12.0. The number of rotatable bonds is 4. The number of aromatic nitrogens is 2. The van der Waals surface area contributed by atoms with E-state index in [1.54, 1.807) is 7.11 Å². The Morgan fingerprint density at radius 1 is 1.47 bits per heavy atom. The molecule has 0 bridgehead atoms. The van der Waals surface area contributed by atoms with Gasteiger partial charge in [0.15, 0.2) is 0 Å². The molecule has 0 spiro atoms. The molecule has 2 aromatic rings. The lowest BCUT2D eigenvalue weighted by Crippen LogP contribution is -2.29. The van der Waals surface area contributed by atoms with Crippen molar-refractivity contribution in [1.82, 2.24) is 14.5 Å². The Labute approximate surface area is 117 Å². The molecule has 1 aliphatic heterocycles. The van der Waals surface area contributed by atoms with Gasteiger partial charge in [-0.1, -0.05) is 6.07 Å². The Morgan fingerprint density at radius 3 is 3.21 bits per heavy atom. The quantitative estimate of drug-likeness (QED) is 0.858. The van der Waals surface area contributed by atoms with Gasteiger partial charge in [-0.05, 0) is 11.4 Å². The maximum absolute atomic E-state index is 5.35. The largest absolute Gasteiger partial charge is 0.384 e. The van der Waals surface area contributed by atoms with E-state index in [-0.39, 0.29) is 0 Å². The van der Waals surface area contributed by atoms with E-state index >= 15 is 0 Å². The van der Waals surface area contributed by atoms with Gasteiger partial charge >= 0.3 is 0 Å². The zero-order chi connectivity index (χ0) is 13.1. The average Bonchev–Trinajstić information content (AvgIpc) is 3.00. The first-order valence-electron chi connectivity index (χ1n) is 6.59. The van der Waals surface area contributed by atoms with Crippen molar-refractivity contribution < 1.29 is 4.74 Å². The highest BCUT2D eigenvalue weighted by atomic mass is 32.1. The van der Waals surface area contributed by atoms with Gasteiger partial charge < -0.3 is 9.30 Å². The third kappa shape index (κ3) is 3.05. The SMILES string of the molecule is COC[C@@H]1CN(Cc2cccs2)Cc2nccn2C1. The smallest absolute Gasteiger partial charge is 0.122 e. The summed E-state index contributed by atoms with van der Waals surface area (Å²) in [6.45, 7) is 4.80. The zero-order valence-electron chi connectivity index (χ0n) is 11.2. The number of hydrogen-bond acceptors (Lipinski definition) is 4. The van der Waals surface area contributed by atoms with E-state index in [9.17, 15) is 0 Å². The van der Waals surface area contributed by atoms with Gasteiger partial charge in [-0.2, -0.15) is 0 Å². The summed E-state index contributed by atoms with van der Waals surface area (Å²) in [6.07, 6.45) is 3.97. The van der Waals surface area contributed by atoms with Gasteiger partial charge in [0, 0.05) is 49.9 Å². The molecule has 19 heavy (non-hydrogen) atoms. The molecule has 102 valence electrons. The molecule has 0 amide bonds. The van der Waals surface area contributed by atoms with Crippen molar-refractivity contribution in [3.8, 4) is 0 Å². The number of methoxy groups -OCH3 is 1. The molecule has 1 aliphatic rings. The Balaban J connectivity index is 1.76. The van der Waals surface area contributed by atoms with Crippen molar-refractivity contribution >= 4 is 11.3 Å². The van der Waals surface area contributed by atoms with E-state index in [1.807, 2.05) is 17.5 Å². The topological polar surface area (TPSA) is 30.3 Å². The standard InChI is InChI=1S/C14H19N3OS/c1-18-11-12-7-16(9-13-3-2-6-19-13)10-14-15-4-5-17(14)8-12/h2-6,12H,7-11H2,1H3/t12-/m1/s1. The number of nitrogens with zero attached hydrogens (tertiary/aromatic N) is 3. The molecule has 4 nitrogen and oxygen atoms in total. The molecule has 3 rings (SSSR count). The molecule has 1 atom stereocenters. The van der Waals surface area contributed by atoms with Crippen LogP contribution in [0.5, 0.6) is 0 Å². The molecule has 0 unspecified atom stereocenters. The summed E-state index contributed by atoms with van der Waals surface area (Å²) in [4.78, 5) is 8.36. The summed E-state index contributed by atoms with van der Waals surface area (Å²) in [6, 6.07) is 4.32. The molecule has 0 fully saturated rings. The predicted octanol–water partition coefficient (Wildman–Crippen LogP) is 2.22. The molecule has 0 N–H and O–H groups in total. The van der Waals surface area contributed by atoms with E-state index in [0.717, 1.165) is 38.6 Å². The van der Waals surface area contributed by atoms with Crippen LogP contribution in [0.4, 0.5) is 0 Å². The number of hydrogen-bond donors (Lipinski definition) is 0. The van der Waals surface area contributed by atoms with Gasteiger partial charge in [0.05, 0.1) is 13.2 Å². The van der Waals surface area contributed by atoms with E-state index < -0.39 is 0 Å². The van der Waals surface area contributed by atoms with Crippen LogP contribution in [0.3, 0.4) is 0 Å². The number of ether oxygens (including phenoxy) is 1. The Bertz CT molecular complexity index is 509. The summed E-state index contributed by atoms with van der Waals surface area (Å²) in [7, 11) is 1.78. The average molecular weight is 277 g/mol. The molecule has 0 aromatic carbocycles. The van der Waals surface area contributed by atoms with Crippen molar-refractivity contribution in [3.63, 3.8) is 0 Å². The van der Waals surface area contributed by atoms with Crippen molar-refractivity contribution in [2.45, 2.75) is 19.6 Å². The minimum Gasteiger partial charge on any atom is -0.384 e. The Kier molecular flexibility index (Phi) is 3.96. The predicted molar refractivity (Wildman–Crippen MR) is 76.0 cm³/mol. The lowest BCUT2D eigenvalue weighted by molar-refractivity contribution is 0.115. The molecule has 2 aromatic heterocycles. The third-order valence-corrected chi connectivity index (χ3v) is 4.36. The fraction of sp³-hybridized carbons (Fsp3) is 0.500. The molecule has 0 saturated carbocycles. The first kappa shape index (κ1) is 12.8. The summed E-state index contributed by atoms with van der Waals surface area (Å²) >= 11 is 1.82. The molecule has 3 heterocycles. The molecule has 0 aliphatic carbocycles.